The van der Waals surface area contributed by atoms with E-state index in [0.29, 0.717) is 42.0 Å². The van der Waals surface area contributed by atoms with Crippen LogP contribution in [0.1, 0.15) is 46.9 Å². The lowest BCUT2D eigenvalue weighted by molar-refractivity contribution is -0.140. The second kappa shape index (κ2) is 10.5. The third-order valence-electron chi connectivity index (χ3n) is 7.70. The molecule has 1 saturated carbocycles. The van der Waals surface area contributed by atoms with Crippen molar-refractivity contribution < 1.29 is 24.3 Å². The Morgan fingerprint density at radius 2 is 1.48 bits per heavy atom. The topological polar surface area (TPSA) is 92.8 Å². The Bertz CT molecular complexity index is 1620. The van der Waals surface area contributed by atoms with Gasteiger partial charge in [-0.15, -0.1) is 0 Å². The number of carboxylic acids is 1. The zero-order valence-corrected chi connectivity index (χ0v) is 22.1. The van der Waals surface area contributed by atoms with Gasteiger partial charge in [-0.2, -0.15) is 0 Å². The van der Waals surface area contributed by atoms with Crippen LogP contribution >= 0.6 is 0 Å². The molecule has 4 aromatic carbocycles. The average Bonchev–Trinajstić information content (AvgIpc) is 3.73. The summed E-state index contributed by atoms with van der Waals surface area (Å²) in [6.07, 6.45) is 0.460. The lowest BCUT2D eigenvalue weighted by Crippen LogP contribution is -2.19. The van der Waals surface area contributed by atoms with Crippen LogP contribution in [-0.4, -0.2) is 21.3 Å². The van der Waals surface area contributed by atoms with Crippen molar-refractivity contribution in [2.75, 3.05) is 0 Å². The molecule has 0 saturated heterocycles. The van der Waals surface area contributed by atoms with E-state index in [1.807, 2.05) is 110 Å². The molecule has 40 heavy (non-hydrogen) atoms. The van der Waals surface area contributed by atoms with Gasteiger partial charge in [-0.25, -0.2) is 0 Å². The number of aromatic nitrogens is 1. The minimum atomic E-state index is -0.916. The second-order valence-electron chi connectivity index (χ2n) is 10.3. The number of hydrogen-bond acceptors (Lipinski definition) is 5. The lowest BCUT2D eigenvalue weighted by atomic mass is 9.93. The predicted octanol–water partition coefficient (Wildman–Crippen LogP) is 7.09. The van der Waals surface area contributed by atoms with Crippen molar-refractivity contribution in [3.8, 4) is 28.2 Å². The van der Waals surface area contributed by atoms with Crippen LogP contribution in [-0.2, 0) is 16.8 Å². The quantitative estimate of drug-likeness (QED) is 0.211. The third kappa shape index (κ3) is 4.90. The number of aliphatic carboxylic acids is 1. The van der Waals surface area contributed by atoms with E-state index < -0.39 is 17.5 Å². The van der Waals surface area contributed by atoms with E-state index in [2.05, 4.69) is 5.16 Å². The van der Waals surface area contributed by atoms with Gasteiger partial charge >= 0.3 is 5.97 Å². The molecule has 0 bridgehead atoms. The summed E-state index contributed by atoms with van der Waals surface area (Å²) in [6.45, 7) is 2.30. The molecule has 2 N–H and O–H groups in total. The molecule has 1 heterocycles. The molecule has 5 aromatic rings. The van der Waals surface area contributed by atoms with Gasteiger partial charge in [0.2, 0.25) is 0 Å². The van der Waals surface area contributed by atoms with Gasteiger partial charge in [0, 0.05) is 5.56 Å². The Balaban J connectivity index is 1.18. The first-order valence-electron chi connectivity index (χ1n) is 13.3. The molecule has 1 atom stereocenters. The highest BCUT2D eigenvalue weighted by molar-refractivity contribution is 5.85. The normalized spacial score (nSPS) is 14.4. The molecule has 6 heteroatoms. The van der Waals surface area contributed by atoms with Gasteiger partial charge in [-0.1, -0.05) is 96.2 Å². The summed E-state index contributed by atoms with van der Waals surface area (Å²) < 4.78 is 11.6. The fraction of sp³-hybridized carbons (Fsp3) is 0.176. The molecule has 0 radical (unpaired) electrons. The van der Waals surface area contributed by atoms with Crippen LogP contribution in [0.3, 0.4) is 0 Å². The van der Waals surface area contributed by atoms with Crippen molar-refractivity contribution >= 4 is 5.97 Å². The van der Waals surface area contributed by atoms with Crippen molar-refractivity contribution in [3.63, 3.8) is 0 Å². The Labute approximate surface area is 232 Å². The third-order valence-corrected chi connectivity index (χ3v) is 7.70. The van der Waals surface area contributed by atoms with Gasteiger partial charge < -0.3 is 19.5 Å². The molecule has 6 nitrogen and oxygen atoms in total. The molecule has 1 aliphatic rings. The molecule has 1 aliphatic carbocycles. The van der Waals surface area contributed by atoms with Crippen molar-refractivity contribution in [2.45, 2.75) is 37.9 Å². The molecule has 1 fully saturated rings. The van der Waals surface area contributed by atoms with E-state index in [-0.39, 0.29) is 0 Å². The van der Waals surface area contributed by atoms with Gasteiger partial charge in [0.15, 0.2) is 5.76 Å². The summed E-state index contributed by atoms with van der Waals surface area (Å²) >= 11 is 0. The van der Waals surface area contributed by atoms with Crippen LogP contribution in [0.15, 0.2) is 108 Å². The summed E-state index contributed by atoms with van der Waals surface area (Å²) in [5, 5.41) is 25.0. The molecule has 0 aliphatic heterocycles. The van der Waals surface area contributed by atoms with Crippen molar-refractivity contribution in [1.82, 2.24) is 5.16 Å². The highest BCUT2D eigenvalue weighted by Gasteiger charge is 2.51. The number of carbonyl (C=O) groups is 1. The van der Waals surface area contributed by atoms with Gasteiger partial charge in [0.05, 0.1) is 16.7 Å². The first-order chi connectivity index (χ1) is 19.4. The fourth-order valence-electron chi connectivity index (χ4n) is 5.11. The van der Waals surface area contributed by atoms with E-state index in [1.54, 1.807) is 0 Å². The summed E-state index contributed by atoms with van der Waals surface area (Å²) in [7, 11) is 0. The minimum Gasteiger partial charge on any atom is -0.489 e. The number of aliphatic hydroxyl groups excluding tert-OH is 1. The van der Waals surface area contributed by atoms with Gasteiger partial charge in [0.25, 0.3) is 0 Å². The number of aryl methyl sites for hydroxylation is 1. The van der Waals surface area contributed by atoms with Crippen LogP contribution in [0, 0.1) is 6.92 Å². The van der Waals surface area contributed by atoms with E-state index in [1.165, 1.54) is 0 Å². The Kier molecular flexibility index (Phi) is 6.70. The highest BCUT2D eigenvalue weighted by atomic mass is 16.5. The number of carboxylic acid groups (broad SMARTS) is 1. The van der Waals surface area contributed by atoms with E-state index in [4.69, 9.17) is 9.26 Å². The zero-order valence-electron chi connectivity index (χ0n) is 22.1. The summed E-state index contributed by atoms with van der Waals surface area (Å²) in [5.41, 5.74) is 6.00. The molecule has 0 amide bonds. The van der Waals surface area contributed by atoms with Crippen LogP contribution < -0.4 is 4.74 Å². The van der Waals surface area contributed by atoms with E-state index in [0.717, 1.165) is 33.6 Å². The molecular weight excluding hydrogens is 502 g/mol. The van der Waals surface area contributed by atoms with Crippen LogP contribution in [0.5, 0.6) is 5.75 Å². The molecule has 0 spiro atoms. The predicted molar refractivity (Wildman–Crippen MR) is 152 cm³/mol. The SMILES string of the molecule is Cc1noc(-c2ccc(-c3ccc(C4(C(=O)O)CC4)cc3)cc2)c1C(O)c1ccc(OCc2ccccc2)cc1. The van der Waals surface area contributed by atoms with E-state index >= 15 is 0 Å². The second-order valence-corrected chi connectivity index (χ2v) is 10.3. The Morgan fingerprint density at radius 1 is 0.875 bits per heavy atom. The average molecular weight is 532 g/mol. The highest BCUT2D eigenvalue weighted by Crippen LogP contribution is 2.48. The zero-order chi connectivity index (χ0) is 27.7. The summed E-state index contributed by atoms with van der Waals surface area (Å²) in [4.78, 5) is 11.6. The maximum atomic E-state index is 11.6. The number of aliphatic hydroxyl groups is 1. The van der Waals surface area contributed by atoms with Crippen molar-refractivity contribution in [3.05, 3.63) is 131 Å². The number of ether oxygens (including phenoxy) is 1. The monoisotopic (exact) mass is 531 g/mol. The van der Waals surface area contributed by atoms with Crippen LogP contribution in [0.2, 0.25) is 0 Å². The fourth-order valence-corrected chi connectivity index (χ4v) is 5.11. The number of benzene rings is 4. The van der Waals surface area contributed by atoms with E-state index in [9.17, 15) is 15.0 Å². The first kappa shape index (κ1) is 25.6. The number of nitrogens with zero attached hydrogens (tertiary/aromatic N) is 1. The van der Waals surface area contributed by atoms with Crippen LogP contribution in [0.25, 0.3) is 22.5 Å². The molecule has 200 valence electrons. The molecular formula is C34H29NO5. The first-order valence-corrected chi connectivity index (χ1v) is 13.3. The largest absolute Gasteiger partial charge is 0.489 e. The maximum Gasteiger partial charge on any atom is 0.314 e. The standard InChI is InChI=1S/C34H29NO5/c1-22-30(31(36)26-13-17-29(18-14-26)39-21-23-5-3-2-4-6-23)32(40-35-22)27-9-7-24(8-10-27)25-11-15-28(16-12-25)34(19-20-34)33(37)38/h2-18,31,36H,19-21H2,1H3,(H,37,38). The van der Waals surface area contributed by atoms with Gasteiger partial charge in [-0.3, -0.25) is 4.79 Å². The number of hydrogen-bond donors (Lipinski definition) is 2. The Morgan fingerprint density at radius 3 is 2.08 bits per heavy atom. The maximum absolute atomic E-state index is 11.6. The molecule has 6 rings (SSSR count). The molecule has 1 aromatic heterocycles. The van der Waals surface area contributed by atoms with Crippen molar-refractivity contribution in [2.24, 2.45) is 0 Å². The summed E-state index contributed by atoms with van der Waals surface area (Å²) in [5.74, 6) is 0.492. The lowest BCUT2D eigenvalue weighted by Gasteiger charge is -2.13. The van der Waals surface area contributed by atoms with Gasteiger partial charge in [0.1, 0.15) is 18.5 Å². The van der Waals surface area contributed by atoms with Crippen LogP contribution in [0.4, 0.5) is 0 Å². The van der Waals surface area contributed by atoms with Crippen molar-refractivity contribution in [1.29, 1.82) is 0 Å². The minimum absolute atomic E-state index is 0.473. The number of rotatable bonds is 9. The smallest absolute Gasteiger partial charge is 0.314 e. The van der Waals surface area contributed by atoms with Gasteiger partial charge in [-0.05, 0) is 59.7 Å². The Hall–Kier alpha value is -4.68. The summed E-state index contributed by atoms with van der Waals surface area (Å²) in [6, 6.07) is 33.0. The molecule has 1 unspecified atom stereocenters.